The van der Waals surface area contributed by atoms with Crippen LogP contribution in [0.2, 0.25) is 5.02 Å². The van der Waals surface area contributed by atoms with Gasteiger partial charge in [-0.2, -0.15) is 0 Å². The highest BCUT2D eigenvalue weighted by Gasteiger charge is 2.18. The highest BCUT2D eigenvalue weighted by molar-refractivity contribution is 6.30. The van der Waals surface area contributed by atoms with E-state index in [-0.39, 0.29) is 0 Å². The van der Waals surface area contributed by atoms with Crippen LogP contribution in [0.3, 0.4) is 0 Å². The maximum absolute atomic E-state index is 11.2. The zero-order chi connectivity index (χ0) is 13.0. The van der Waals surface area contributed by atoms with Crippen molar-refractivity contribution in [1.82, 2.24) is 0 Å². The number of rotatable bonds is 4. The largest absolute Gasteiger partial charge is 0.479 e. The van der Waals surface area contributed by atoms with E-state index in [1.807, 2.05) is 0 Å². The average molecular weight is 259 g/mol. The molecule has 0 fully saturated rings. The summed E-state index contributed by atoms with van der Waals surface area (Å²) in [6.45, 7) is 3.17. The van der Waals surface area contributed by atoms with Crippen LogP contribution in [0, 0.1) is 0 Å². The van der Waals surface area contributed by atoms with Crippen LogP contribution in [0.15, 0.2) is 18.2 Å². The Bertz CT molecular complexity index is 403. The molecule has 4 nitrogen and oxygen atoms in total. The van der Waals surface area contributed by atoms with Crippen molar-refractivity contribution in [3.8, 4) is 5.75 Å². The highest BCUT2D eigenvalue weighted by atomic mass is 35.5. The molecule has 0 amide bonds. The van der Waals surface area contributed by atoms with E-state index in [0.29, 0.717) is 16.3 Å². The molecule has 0 aromatic heterocycles. The Hall–Kier alpha value is -1.26. The topological polar surface area (TPSA) is 55.8 Å². The molecule has 0 spiro atoms. The number of benzene rings is 1. The Kier molecular flexibility index (Phi) is 4.78. The number of aliphatic hydroxyl groups excluding tert-OH is 1. The summed E-state index contributed by atoms with van der Waals surface area (Å²) in [7, 11) is 1.29. The first kappa shape index (κ1) is 13.8. The molecule has 0 aliphatic heterocycles. The molecule has 0 radical (unpaired) electrons. The van der Waals surface area contributed by atoms with Crippen LogP contribution in [0.25, 0.3) is 0 Å². The zero-order valence-corrected chi connectivity index (χ0v) is 10.7. The Balaban J connectivity index is 2.94. The average Bonchev–Trinajstić information content (AvgIpc) is 2.29. The second-order valence-electron chi connectivity index (χ2n) is 3.64. The van der Waals surface area contributed by atoms with Gasteiger partial charge in [-0.3, -0.25) is 0 Å². The monoisotopic (exact) mass is 258 g/mol. The third-order valence-corrected chi connectivity index (χ3v) is 2.49. The van der Waals surface area contributed by atoms with Crippen LogP contribution in [-0.2, 0) is 9.53 Å². The summed E-state index contributed by atoms with van der Waals surface area (Å²) in [5.74, 6) is -0.0567. The third kappa shape index (κ3) is 3.61. The summed E-state index contributed by atoms with van der Waals surface area (Å²) in [5.41, 5.74) is 0.535. The second kappa shape index (κ2) is 5.89. The van der Waals surface area contributed by atoms with Gasteiger partial charge in [0.2, 0.25) is 0 Å². The van der Waals surface area contributed by atoms with Gasteiger partial charge in [0.05, 0.1) is 13.2 Å². The standard InChI is InChI=1S/C12H15ClO4/c1-7(14)10-6-9(13)4-5-11(10)17-8(2)12(15)16-3/h4-8,14H,1-3H3. The van der Waals surface area contributed by atoms with Crippen molar-refractivity contribution in [3.05, 3.63) is 28.8 Å². The van der Waals surface area contributed by atoms with Crippen LogP contribution in [0.4, 0.5) is 0 Å². The number of carbonyl (C=O) groups excluding carboxylic acids is 1. The number of methoxy groups -OCH3 is 1. The van der Waals surface area contributed by atoms with Gasteiger partial charge in [0.1, 0.15) is 5.75 Å². The lowest BCUT2D eigenvalue weighted by Crippen LogP contribution is -2.25. The number of hydrogen-bond acceptors (Lipinski definition) is 4. The van der Waals surface area contributed by atoms with Gasteiger partial charge in [0.15, 0.2) is 6.10 Å². The quantitative estimate of drug-likeness (QED) is 0.843. The van der Waals surface area contributed by atoms with Crippen molar-refractivity contribution in [3.63, 3.8) is 0 Å². The number of hydrogen-bond donors (Lipinski definition) is 1. The predicted molar refractivity (Wildman–Crippen MR) is 64.2 cm³/mol. The fourth-order valence-corrected chi connectivity index (χ4v) is 1.54. The molecule has 1 N–H and O–H groups in total. The van der Waals surface area contributed by atoms with E-state index in [2.05, 4.69) is 4.74 Å². The smallest absolute Gasteiger partial charge is 0.346 e. The van der Waals surface area contributed by atoms with Crippen molar-refractivity contribution in [2.45, 2.75) is 26.1 Å². The van der Waals surface area contributed by atoms with Gasteiger partial charge in [-0.05, 0) is 32.0 Å². The number of carbonyl (C=O) groups is 1. The molecule has 0 heterocycles. The third-order valence-electron chi connectivity index (χ3n) is 2.26. The molecular weight excluding hydrogens is 244 g/mol. The van der Waals surface area contributed by atoms with Crippen molar-refractivity contribution in [2.75, 3.05) is 7.11 Å². The fourth-order valence-electron chi connectivity index (χ4n) is 1.36. The minimum absolute atomic E-state index is 0.419. The molecule has 1 aromatic rings. The maximum atomic E-state index is 11.2. The van der Waals surface area contributed by atoms with Crippen LogP contribution in [0.1, 0.15) is 25.5 Å². The molecule has 0 bridgehead atoms. The first-order valence-corrected chi connectivity index (χ1v) is 5.55. The number of esters is 1. The molecule has 1 rings (SSSR count). The molecular formula is C12H15ClO4. The molecule has 0 saturated carbocycles. The van der Waals surface area contributed by atoms with Gasteiger partial charge in [-0.15, -0.1) is 0 Å². The van der Waals surface area contributed by atoms with Gasteiger partial charge in [0, 0.05) is 10.6 Å². The lowest BCUT2D eigenvalue weighted by atomic mass is 10.1. The number of aliphatic hydroxyl groups is 1. The Morgan fingerprint density at radius 2 is 2.06 bits per heavy atom. The molecule has 0 aliphatic rings. The Morgan fingerprint density at radius 1 is 1.41 bits per heavy atom. The van der Waals surface area contributed by atoms with Crippen molar-refractivity contribution < 1.29 is 19.4 Å². The molecule has 17 heavy (non-hydrogen) atoms. The van der Waals surface area contributed by atoms with Crippen LogP contribution < -0.4 is 4.74 Å². The van der Waals surface area contributed by atoms with Gasteiger partial charge in [-0.1, -0.05) is 11.6 Å². The molecule has 5 heteroatoms. The van der Waals surface area contributed by atoms with Gasteiger partial charge in [0.25, 0.3) is 0 Å². The van der Waals surface area contributed by atoms with E-state index in [1.54, 1.807) is 32.0 Å². The first-order valence-electron chi connectivity index (χ1n) is 5.17. The van der Waals surface area contributed by atoms with Crippen molar-refractivity contribution in [1.29, 1.82) is 0 Å². The first-order chi connectivity index (χ1) is 7.95. The Labute approximate surface area is 105 Å². The van der Waals surface area contributed by atoms with Gasteiger partial charge < -0.3 is 14.6 Å². The fraction of sp³-hybridized carbons (Fsp3) is 0.417. The van der Waals surface area contributed by atoms with Crippen LogP contribution in [0.5, 0.6) is 5.75 Å². The van der Waals surface area contributed by atoms with E-state index < -0.39 is 18.2 Å². The number of ether oxygens (including phenoxy) is 2. The normalized spacial score (nSPS) is 13.9. The zero-order valence-electron chi connectivity index (χ0n) is 9.94. The highest BCUT2D eigenvalue weighted by Crippen LogP contribution is 2.29. The van der Waals surface area contributed by atoms with Crippen molar-refractivity contribution in [2.24, 2.45) is 0 Å². The predicted octanol–water partition coefficient (Wildman–Crippen LogP) is 2.33. The molecule has 1 aromatic carbocycles. The van der Waals surface area contributed by atoms with Crippen molar-refractivity contribution >= 4 is 17.6 Å². The molecule has 2 unspecified atom stereocenters. The second-order valence-corrected chi connectivity index (χ2v) is 4.08. The molecule has 0 aliphatic carbocycles. The minimum Gasteiger partial charge on any atom is -0.479 e. The number of halogens is 1. The maximum Gasteiger partial charge on any atom is 0.346 e. The van der Waals surface area contributed by atoms with E-state index in [0.717, 1.165) is 0 Å². The summed E-state index contributed by atoms with van der Waals surface area (Å²) >= 11 is 5.83. The SMILES string of the molecule is COC(=O)C(C)Oc1ccc(Cl)cc1C(C)O. The van der Waals surface area contributed by atoms with Crippen LogP contribution in [-0.4, -0.2) is 24.3 Å². The summed E-state index contributed by atoms with van der Waals surface area (Å²) in [6, 6.07) is 4.85. The van der Waals surface area contributed by atoms with Crippen LogP contribution >= 0.6 is 11.6 Å². The Morgan fingerprint density at radius 3 is 2.59 bits per heavy atom. The summed E-state index contributed by atoms with van der Waals surface area (Å²) < 4.78 is 9.98. The molecule has 2 atom stereocenters. The summed E-state index contributed by atoms with van der Waals surface area (Å²) in [5, 5.41) is 10.1. The lowest BCUT2D eigenvalue weighted by Gasteiger charge is -2.17. The summed E-state index contributed by atoms with van der Waals surface area (Å²) in [6.07, 6.45) is -1.47. The van der Waals surface area contributed by atoms with E-state index in [1.165, 1.54) is 7.11 Å². The molecule has 94 valence electrons. The van der Waals surface area contributed by atoms with Gasteiger partial charge in [-0.25, -0.2) is 4.79 Å². The minimum atomic E-state index is -0.737. The lowest BCUT2D eigenvalue weighted by molar-refractivity contribution is -0.147. The van der Waals surface area contributed by atoms with E-state index >= 15 is 0 Å². The molecule has 0 saturated heterocycles. The van der Waals surface area contributed by atoms with Gasteiger partial charge >= 0.3 is 5.97 Å². The summed E-state index contributed by atoms with van der Waals surface area (Å²) in [4.78, 5) is 11.2. The van der Waals surface area contributed by atoms with E-state index in [9.17, 15) is 9.90 Å². The van der Waals surface area contributed by atoms with E-state index in [4.69, 9.17) is 16.3 Å².